The van der Waals surface area contributed by atoms with Gasteiger partial charge in [-0.1, -0.05) is 12.1 Å². The smallest absolute Gasteiger partial charge is 0.114 e. The van der Waals surface area contributed by atoms with E-state index in [0.717, 1.165) is 11.0 Å². The van der Waals surface area contributed by atoms with Crippen molar-refractivity contribution in [1.82, 2.24) is 8.75 Å². The van der Waals surface area contributed by atoms with E-state index in [-0.39, 0.29) is 0 Å². The number of aromatic nitrogens is 2. The van der Waals surface area contributed by atoms with Crippen LogP contribution in [0.2, 0.25) is 0 Å². The molecule has 5 aromatic heterocycles. The van der Waals surface area contributed by atoms with Gasteiger partial charge in [0.25, 0.3) is 0 Å². The molecule has 0 aliphatic rings. The minimum atomic E-state index is 1.02. The summed E-state index contributed by atoms with van der Waals surface area (Å²) in [7, 11) is 0. The molecule has 5 heterocycles. The summed E-state index contributed by atoms with van der Waals surface area (Å²) in [5.74, 6) is 0. The Hall–Kier alpha value is -2.16. The van der Waals surface area contributed by atoms with Crippen molar-refractivity contribution in [2.45, 2.75) is 55.4 Å². The fourth-order valence-electron chi connectivity index (χ4n) is 5.11. The van der Waals surface area contributed by atoms with Crippen LogP contribution in [0, 0.1) is 55.4 Å². The molecule has 0 bridgehead atoms. The Balaban J connectivity index is 1.51. The van der Waals surface area contributed by atoms with Crippen LogP contribution in [0.25, 0.3) is 51.4 Å². The SMILES string of the molecule is Cc1cc(C)c(-c2sc(-c3ccc(-c4sc(-c5sc(C)cc5C)c(C)c4C)c4nsnc34)c(C)c2C)s1. The lowest BCUT2D eigenvalue weighted by molar-refractivity contribution is 1.39. The maximum atomic E-state index is 4.84. The summed E-state index contributed by atoms with van der Waals surface area (Å²) in [5.41, 5.74) is 12.6. The van der Waals surface area contributed by atoms with E-state index in [4.69, 9.17) is 8.75 Å². The van der Waals surface area contributed by atoms with E-state index in [0.29, 0.717) is 0 Å². The predicted molar refractivity (Wildman–Crippen MR) is 169 cm³/mol. The van der Waals surface area contributed by atoms with Crippen molar-refractivity contribution in [3.8, 4) is 40.4 Å². The summed E-state index contributed by atoms with van der Waals surface area (Å²) < 4.78 is 9.67. The summed E-state index contributed by atoms with van der Waals surface area (Å²) in [5, 5.41) is 0. The minimum Gasteiger partial charge on any atom is -0.172 e. The van der Waals surface area contributed by atoms with Crippen LogP contribution in [0.15, 0.2) is 24.3 Å². The minimum absolute atomic E-state index is 1.02. The number of thiophene rings is 4. The molecule has 0 saturated carbocycles. The number of fused-ring (bicyclic) bond motifs is 1. The lowest BCUT2D eigenvalue weighted by Crippen LogP contribution is -1.86. The molecule has 7 heteroatoms. The highest BCUT2D eigenvalue weighted by Gasteiger charge is 2.24. The second kappa shape index (κ2) is 9.24. The van der Waals surface area contributed by atoms with E-state index in [1.165, 1.54) is 95.3 Å². The lowest BCUT2D eigenvalue weighted by Gasteiger charge is -2.06. The van der Waals surface area contributed by atoms with Crippen LogP contribution in [-0.2, 0) is 0 Å². The summed E-state index contributed by atoms with van der Waals surface area (Å²) in [6.07, 6.45) is 0. The molecule has 0 unspecified atom stereocenters. The normalized spacial score (nSPS) is 11.8. The first-order chi connectivity index (χ1) is 17.7. The highest BCUT2D eigenvalue weighted by atomic mass is 32.1. The Labute approximate surface area is 238 Å². The molecule has 0 amide bonds. The fourth-order valence-corrected chi connectivity index (χ4v) is 10.9. The third-order valence-corrected chi connectivity index (χ3v) is 13.3. The van der Waals surface area contributed by atoms with E-state index in [1.54, 1.807) is 0 Å². The van der Waals surface area contributed by atoms with Crippen LogP contribution in [0.5, 0.6) is 0 Å². The Bertz CT molecular complexity index is 1690. The predicted octanol–water partition coefficient (Wildman–Crippen LogP) is 11.1. The summed E-state index contributed by atoms with van der Waals surface area (Å²) in [4.78, 5) is 10.9. The zero-order valence-electron chi connectivity index (χ0n) is 22.2. The van der Waals surface area contributed by atoms with Crippen LogP contribution in [0.3, 0.4) is 0 Å². The highest BCUT2D eigenvalue weighted by Crippen LogP contribution is 2.49. The first-order valence-corrected chi connectivity index (χ1v) is 16.3. The maximum absolute atomic E-state index is 4.84. The average Bonchev–Trinajstić information content (AvgIpc) is 3.65. The Morgan fingerprint density at radius 1 is 0.459 bits per heavy atom. The average molecular weight is 577 g/mol. The molecule has 0 aliphatic carbocycles. The first kappa shape index (κ1) is 25.1. The van der Waals surface area contributed by atoms with Crippen LogP contribution >= 0.6 is 57.1 Å². The van der Waals surface area contributed by atoms with Crippen molar-refractivity contribution >= 4 is 68.1 Å². The van der Waals surface area contributed by atoms with Crippen molar-refractivity contribution < 1.29 is 0 Å². The van der Waals surface area contributed by atoms with E-state index >= 15 is 0 Å². The van der Waals surface area contributed by atoms with E-state index in [9.17, 15) is 0 Å². The summed E-state index contributed by atoms with van der Waals surface area (Å²) in [6.45, 7) is 17.9. The molecule has 0 N–H and O–H groups in total. The van der Waals surface area contributed by atoms with Gasteiger partial charge in [0.2, 0.25) is 0 Å². The van der Waals surface area contributed by atoms with Gasteiger partial charge in [0.15, 0.2) is 0 Å². The van der Waals surface area contributed by atoms with Crippen molar-refractivity contribution in [2.75, 3.05) is 0 Å². The molecule has 188 valence electrons. The number of hydrogen-bond donors (Lipinski definition) is 0. The van der Waals surface area contributed by atoms with Crippen molar-refractivity contribution in [3.63, 3.8) is 0 Å². The number of hydrogen-bond acceptors (Lipinski definition) is 7. The fraction of sp³-hybridized carbons (Fsp3) is 0.267. The molecule has 1 aromatic carbocycles. The molecular weight excluding hydrogens is 549 g/mol. The van der Waals surface area contributed by atoms with Gasteiger partial charge in [-0.2, -0.15) is 8.75 Å². The van der Waals surface area contributed by atoms with Gasteiger partial charge in [-0.3, -0.25) is 0 Å². The molecule has 0 fully saturated rings. The molecule has 0 atom stereocenters. The van der Waals surface area contributed by atoms with E-state index in [2.05, 4.69) is 79.7 Å². The standard InChI is InChI=1S/C30H28N2S5/c1-13-11-15(3)33-25(13)29-19(7)17(5)27(35-29)21-9-10-22(24-23(21)31-37-32-24)28-18(6)20(8)30(36-28)26-14(2)12-16(4)34-26/h9-12H,1-8H3. The van der Waals surface area contributed by atoms with Crippen molar-refractivity contribution in [2.24, 2.45) is 0 Å². The molecule has 37 heavy (non-hydrogen) atoms. The quantitative estimate of drug-likeness (QED) is 0.209. The largest absolute Gasteiger partial charge is 0.172 e. The molecule has 0 saturated heterocycles. The summed E-state index contributed by atoms with van der Waals surface area (Å²) in [6, 6.07) is 9.15. The Morgan fingerprint density at radius 3 is 1.19 bits per heavy atom. The third-order valence-electron chi connectivity index (χ3n) is 7.29. The van der Waals surface area contributed by atoms with Crippen LogP contribution in [0.1, 0.15) is 43.1 Å². The van der Waals surface area contributed by atoms with E-state index in [1.807, 2.05) is 45.3 Å². The molecule has 6 aromatic rings. The van der Waals surface area contributed by atoms with Crippen LogP contribution < -0.4 is 0 Å². The number of nitrogens with zero attached hydrogens (tertiary/aromatic N) is 2. The highest BCUT2D eigenvalue weighted by molar-refractivity contribution is 7.25. The van der Waals surface area contributed by atoms with Gasteiger partial charge in [-0.25, -0.2) is 0 Å². The first-order valence-electron chi connectivity index (χ1n) is 12.3. The number of aryl methyl sites for hydroxylation is 4. The van der Waals surface area contributed by atoms with Gasteiger partial charge in [0.1, 0.15) is 11.0 Å². The molecule has 0 spiro atoms. The zero-order chi connectivity index (χ0) is 26.2. The van der Waals surface area contributed by atoms with Gasteiger partial charge < -0.3 is 0 Å². The van der Waals surface area contributed by atoms with Gasteiger partial charge >= 0.3 is 0 Å². The molecule has 0 radical (unpaired) electrons. The maximum Gasteiger partial charge on any atom is 0.114 e. The molecule has 6 rings (SSSR count). The van der Waals surface area contributed by atoms with E-state index < -0.39 is 0 Å². The Morgan fingerprint density at radius 2 is 0.838 bits per heavy atom. The second-order valence-corrected chi connectivity index (χ2v) is 15.0. The lowest BCUT2D eigenvalue weighted by atomic mass is 10.00. The topological polar surface area (TPSA) is 25.8 Å². The third kappa shape index (κ3) is 3.98. The molecular formula is C30H28N2S5. The zero-order valence-corrected chi connectivity index (χ0v) is 26.3. The van der Waals surface area contributed by atoms with Crippen molar-refractivity contribution in [3.05, 3.63) is 67.4 Å². The second-order valence-electron chi connectivity index (χ2n) is 9.88. The van der Waals surface area contributed by atoms with Gasteiger partial charge in [-0.15, -0.1) is 45.3 Å². The van der Waals surface area contributed by atoms with Crippen LogP contribution in [-0.4, -0.2) is 8.75 Å². The van der Waals surface area contributed by atoms with Gasteiger partial charge in [0, 0.05) is 50.1 Å². The van der Waals surface area contributed by atoms with Crippen LogP contribution in [0.4, 0.5) is 0 Å². The van der Waals surface area contributed by atoms with Gasteiger partial charge in [-0.05, 0) is 101 Å². The Kier molecular flexibility index (Phi) is 6.28. The van der Waals surface area contributed by atoms with Crippen molar-refractivity contribution in [1.29, 1.82) is 0 Å². The number of benzene rings is 1. The number of rotatable bonds is 4. The monoisotopic (exact) mass is 576 g/mol. The summed E-state index contributed by atoms with van der Waals surface area (Å²) >= 11 is 8.92. The molecule has 2 nitrogen and oxygen atoms in total. The molecule has 0 aliphatic heterocycles. The van der Waals surface area contributed by atoms with Gasteiger partial charge in [0.05, 0.1) is 11.7 Å².